The van der Waals surface area contributed by atoms with Crippen molar-refractivity contribution in [3.8, 4) is 0 Å². The van der Waals surface area contributed by atoms with Gasteiger partial charge in [0, 0.05) is 32.2 Å². The summed E-state index contributed by atoms with van der Waals surface area (Å²) in [7, 11) is 4.10. The molecule has 0 atom stereocenters. The van der Waals surface area contributed by atoms with E-state index in [-0.39, 0.29) is 0 Å². The van der Waals surface area contributed by atoms with Crippen molar-refractivity contribution < 1.29 is 4.42 Å². The number of anilines is 1. The Morgan fingerprint density at radius 3 is 2.76 bits per heavy atom. The number of nitrogens with one attached hydrogen (secondary N) is 1. The van der Waals surface area contributed by atoms with Gasteiger partial charge in [0.15, 0.2) is 0 Å². The van der Waals surface area contributed by atoms with Crippen LogP contribution in [0.3, 0.4) is 0 Å². The number of aromatic nitrogens is 2. The molecule has 5 heteroatoms. The smallest absolute Gasteiger partial charge is 0.131 e. The maximum absolute atomic E-state index is 5.68. The Morgan fingerprint density at radius 1 is 1.38 bits per heavy atom. The largest absolute Gasteiger partial charge is 0.464 e. The molecule has 1 aliphatic rings. The predicted molar refractivity (Wildman–Crippen MR) is 83.4 cm³/mol. The van der Waals surface area contributed by atoms with E-state index in [1.807, 2.05) is 30.8 Å². The van der Waals surface area contributed by atoms with Gasteiger partial charge in [-0.25, -0.2) is 0 Å². The Hall–Kier alpha value is -1.75. The fourth-order valence-electron chi connectivity index (χ4n) is 2.79. The minimum atomic E-state index is 0.704. The van der Waals surface area contributed by atoms with E-state index in [1.165, 1.54) is 18.4 Å². The second-order valence-corrected chi connectivity index (χ2v) is 6.03. The minimum absolute atomic E-state index is 0.704. The molecular weight excluding hydrogens is 264 g/mol. The van der Waals surface area contributed by atoms with E-state index in [9.17, 15) is 0 Å². The summed E-state index contributed by atoms with van der Waals surface area (Å²) in [5.41, 5.74) is 2.39. The summed E-state index contributed by atoms with van der Waals surface area (Å²) in [6.07, 6.45) is 2.60. The molecule has 3 rings (SSSR count). The third-order valence-electron chi connectivity index (χ3n) is 4.01. The van der Waals surface area contributed by atoms with E-state index in [0.717, 1.165) is 36.1 Å². The molecule has 1 saturated carbocycles. The fraction of sp³-hybridized carbons (Fsp3) is 0.562. The topological polar surface area (TPSA) is 46.2 Å². The highest BCUT2D eigenvalue weighted by Gasteiger charge is 2.23. The van der Waals surface area contributed by atoms with Crippen LogP contribution in [-0.4, -0.2) is 22.9 Å². The van der Waals surface area contributed by atoms with Crippen molar-refractivity contribution in [2.24, 2.45) is 7.05 Å². The van der Waals surface area contributed by atoms with Crippen molar-refractivity contribution in [2.45, 2.75) is 45.8 Å². The number of rotatable bonds is 6. The molecule has 2 aromatic heterocycles. The molecule has 0 saturated heterocycles. The summed E-state index contributed by atoms with van der Waals surface area (Å²) >= 11 is 0. The normalized spacial score (nSPS) is 14.7. The van der Waals surface area contributed by atoms with Crippen molar-refractivity contribution >= 4 is 5.82 Å². The Kier molecular flexibility index (Phi) is 3.76. The molecule has 2 heterocycles. The van der Waals surface area contributed by atoms with Crippen molar-refractivity contribution in [1.82, 2.24) is 15.1 Å². The summed E-state index contributed by atoms with van der Waals surface area (Å²) in [6, 6.07) is 4.75. The van der Waals surface area contributed by atoms with Crippen LogP contribution >= 0.6 is 0 Å². The van der Waals surface area contributed by atoms with Crippen LogP contribution in [0.15, 0.2) is 16.5 Å². The molecule has 0 spiro atoms. The summed E-state index contributed by atoms with van der Waals surface area (Å²) < 4.78 is 7.65. The Morgan fingerprint density at radius 2 is 2.14 bits per heavy atom. The third-order valence-corrected chi connectivity index (χ3v) is 4.01. The van der Waals surface area contributed by atoms with Crippen LogP contribution in [0.1, 0.15) is 35.6 Å². The van der Waals surface area contributed by atoms with Gasteiger partial charge in [0.05, 0.1) is 12.2 Å². The number of hydrogen-bond donors (Lipinski definition) is 1. The first-order valence-electron chi connectivity index (χ1n) is 7.57. The molecule has 114 valence electrons. The average molecular weight is 288 g/mol. The summed E-state index contributed by atoms with van der Waals surface area (Å²) in [4.78, 5) is 2.21. The number of hydrogen-bond acceptors (Lipinski definition) is 4. The molecule has 0 amide bonds. The van der Waals surface area contributed by atoms with Gasteiger partial charge in [0.2, 0.25) is 0 Å². The Balaban J connectivity index is 1.78. The highest BCUT2D eigenvalue weighted by atomic mass is 16.3. The third kappa shape index (κ3) is 3.13. The van der Waals surface area contributed by atoms with Crippen LogP contribution in [0, 0.1) is 13.8 Å². The molecule has 0 aliphatic heterocycles. The number of furan rings is 1. The van der Waals surface area contributed by atoms with Crippen LogP contribution in [0.4, 0.5) is 5.82 Å². The van der Waals surface area contributed by atoms with Gasteiger partial charge >= 0.3 is 0 Å². The van der Waals surface area contributed by atoms with Gasteiger partial charge in [-0.2, -0.15) is 5.10 Å². The average Bonchev–Trinajstić information content (AvgIpc) is 3.09. The van der Waals surface area contributed by atoms with Crippen LogP contribution < -0.4 is 10.2 Å². The predicted octanol–water partition coefficient (Wildman–Crippen LogP) is 2.52. The second-order valence-electron chi connectivity index (χ2n) is 6.03. The molecule has 0 aromatic carbocycles. The lowest BCUT2D eigenvalue weighted by Crippen LogP contribution is -2.23. The Bertz CT molecular complexity index is 624. The van der Waals surface area contributed by atoms with Gasteiger partial charge in [-0.15, -0.1) is 0 Å². The van der Waals surface area contributed by atoms with Crippen molar-refractivity contribution in [3.63, 3.8) is 0 Å². The van der Waals surface area contributed by atoms with Gasteiger partial charge in [0.25, 0.3) is 0 Å². The molecule has 0 bridgehead atoms. The lowest BCUT2D eigenvalue weighted by molar-refractivity contribution is 0.480. The molecule has 21 heavy (non-hydrogen) atoms. The van der Waals surface area contributed by atoms with Gasteiger partial charge in [-0.05, 0) is 38.8 Å². The monoisotopic (exact) mass is 288 g/mol. The molecular formula is C16H24N4O. The van der Waals surface area contributed by atoms with E-state index in [1.54, 1.807) is 0 Å². The molecule has 1 N–H and O–H groups in total. The van der Waals surface area contributed by atoms with Gasteiger partial charge in [-0.3, -0.25) is 4.68 Å². The van der Waals surface area contributed by atoms with Gasteiger partial charge < -0.3 is 14.6 Å². The quantitative estimate of drug-likeness (QED) is 0.887. The zero-order valence-electron chi connectivity index (χ0n) is 13.3. The van der Waals surface area contributed by atoms with E-state index in [0.29, 0.717) is 6.04 Å². The molecule has 0 unspecified atom stereocenters. The molecule has 0 radical (unpaired) electrons. The van der Waals surface area contributed by atoms with E-state index in [2.05, 4.69) is 29.3 Å². The minimum Gasteiger partial charge on any atom is -0.464 e. The van der Waals surface area contributed by atoms with E-state index in [4.69, 9.17) is 4.42 Å². The number of nitrogens with zero attached hydrogens (tertiary/aromatic N) is 3. The zero-order valence-corrected chi connectivity index (χ0v) is 13.3. The second kappa shape index (κ2) is 5.56. The lowest BCUT2D eigenvalue weighted by atomic mass is 10.2. The highest BCUT2D eigenvalue weighted by Crippen LogP contribution is 2.26. The molecule has 1 fully saturated rings. The standard InChI is InChI=1S/C16H24N4O/c1-11-5-8-14(21-11)10-19(3)16-15(9-17-13-6-7-13)12(2)18-20(16)4/h5,8,13,17H,6-7,9-10H2,1-4H3. The maximum atomic E-state index is 5.68. The molecule has 2 aromatic rings. The Labute approximate surface area is 125 Å². The molecule has 5 nitrogen and oxygen atoms in total. The van der Waals surface area contributed by atoms with Crippen LogP contribution in [-0.2, 0) is 20.1 Å². The van der Waals surface area contributed by atoms with Crippen LogP contribution in [0.2, 0.25) is 0 Å². The van der Waals surface area contributed by atoms with Crippen molar-refractivity contribution in [2.75, 3.05) is 11.9 Å². The maximum Gasteiger partial charge on any atom is 0.131 e. The first kappa shape index (κ1) is 14.2. The van der Waals surface area contributed by atoms with Gasteiger partial charge in [0.1, 0.15) is 17.3 Å². The van der Waals surface area contributed by atoms with Gasteiger partial charge in [-0.1, -0.05) is 0 Å². The lowest BCUT2D eigenvalue weighted by Gasteiger charge is -2.20. The van der Waals surface area contributed by atoms with Crippen LogP contribution in [0.25, 0.3) is 0 Å². The first-order valence-corrected chi connectivity index (χ1v) is 7.57. The first-order chi connectivity index (χ1) is 10.0. The summed E-state index contributed by atoms with van der Waals surface area (Å²) in [5.74, 6) is 3.10. The molecule has 1 aliphatic carbocycles. The highest BCUT2D eigenvalue weighted by molar-refractivity contribution is 5.49. The SMILES string of the molecule is Cc1ccc(CN(C)c2c(CNC3CC3)c(C)nn2C)o1. The summed E-state index contributed by atoms with van der Waals surface area (Å²) in [6.45, 7) is 5.70. The van der Waals surface area contributed by atoms with Crippen molar-refractivity contribution in [1.29, 1.82) is 0 Å². The van der Waals surface area contributed by atoms with E-state index < -0.39 is 0 Å². The van der Waals surface area contributed by atoms with Crippen LogP contribution in [0.5, 0.6) is 0 Å². The number of aryl methyl sites for hydroxylation is 3. The zero-order chi connectivity index (χ0) is 15.0. The van der Waals surface area contributed by atoms with Crippen molar-refractivity contribution in [3.05, 3.63) is 34.9 Å². The summed E-state index contributed by atoms with van der Waals surface area (Å²) in [5, 5.41) is 8.17. The van der Waals surface area contributed by atoms with E-state index >= 15 is 0 Å². The fourth-order valence-corrected chi connectivity index (χ4v) is 2.79.